The number of nitrogens with one attached hydrogen (secondary N) is 2. The predicted molar refractivity (Wildman–Crippen MR) is 74.5 cm³/mol. The molecule has 3 aliphatic rings. The fourth-order valence-electron chi connectivity index (χ4n) is 2.48. The van der Waals surface area contributed by atoms with E-state index in [0.29, 0.717) is 0 Å². The van der Waals surface area contributed by atoms with Crippen LogP contribution in [0.3, 0.4) is 0 Å². The molecule has 0 aromatic heterocycles. The van der Waals surface area contributed by atoms with Crippen LogP contribution in [0.4, 0.5) is 0 Å². The molecular weight excluding hydrogens is 291 g/mol. The van der Waals surface area contributed by atoms with E-state index in [1.807, 2.05) is 0 Å². The second-order valence-electron chi connectivity index (χ2n) is 5.26. The molecular formula is C14H24N2OSe. The number of hydrogen-bond acceptors (Lipinski definition) is 2. The summed E-state index contributed by atoms with van der Waals surface area (Å²) in [6.07, 6.45) is 8.73. The van der Waals surface area contributed by atoms with Gasteiger partial charge in [-0.25, -0.2) is 0 Å². The topological polar surface area (TPSA) is 25.7 Å². The number of rotatable bonds is 0. The summed E-state index contributed by atoms with van der Waals surface area (Å²) in [7, 11) is 2.20. The fraction of sp³-hybridized carbons (Fsp3) is 0.714. The van der Waals surface area contributed by atoms with Gasteiger partial charge in [-0.3, -0.25) is 0 Å². The first-order valence-corrected chi connectivity index (χ1v) is 7.85. The summed E-state index contributed by atoms with van der Waals surface area (Å²) < 4.78 is 6.33. The van der Waals surface area contributed by atoms with E-state index in [0.717, 1.165) is 13.2 Å². The van der Waals surface area contributed by atoms with Crippen molar-refractivity contribution in [2.24, 2.45) is 0 Å². The van der Waals surface area contributed by atoms with E-state index < -0.39 is 0 Å². The molecule has 0 amide bonds. The van der Waals surface area contributed by atoms with Crippen molar-refractivity contribution in [2.45, 2.75) is 32.1 Å². The van der Waals surface area contributed by atoms with Crippen LogP contribution < -0.4 is 10.2 Å². The van der Waals surface area contributed by atoms with Crippen molar-refractivity contribution in [3.05, 3.63) is 21.9 Å². The van der Waals surface area contributed by atoms with Crippen molar-refractivity contribution in [2.75, 3.05) is 33.4 Å². The van der Waals surface area contributed by atoms with Crippen molar-refractivity contribution < 1.29 is 9.64 Å². The van der Waals surface area contributed by atoms with Gasteiger partial charge < -0.3 is 9.64 Å². The number of morpholine rings is 1. The van der Waals surface area contributed by atoms with Crippen molar-refractivity contribution in [3.8, 4) is 0 Å². The first-order chi connectivity index (χ1) is 8.75. The van der Waals surface area contributed by atoms with Crippen LogP contribution in [0.1, 0.15) is 32.1 Å². The quantitative estimate of drug-likeness (QED) is 0.631. The van der Waals surface area contributed by atoms with E-state index in [1.54, 1.807) is 10.5 Å². The van der Waals surface area contributed by atoms with Crippen LogP contribution in [0.2, 0.25) is 0 Å². The van der Waals surface area contributed by atoms with Gasteiger partial charge in [0.25, 0.3) is 0 Å². The van der Waals surface area contributed by atoms with E-state index in [9.17, 15) is 0 Å². The maximum absolute atomic E-state index is 5.12. The van der Waals surface area contributed by atoms with Crippen molar-refractivity contribution in [1.29, 1.82) is 0 Å². The zero-order chi connectivity index (χ0) is 12.8. The van der Waals surface area contributed by atoms with Gasteiger partial charge in [0.15, 0.2) is 0 Å². The Balaban J connectivity index is 0.000000149. The standard InChI is InChI=1S/C9H13NSe.C5H11NO/c11-9-6-5-7-3-1-2-4-8(7)10-9;1-6-2-4-7-5-3-6/h6,10-11H,1-5H2;2-5H2,1H3. The minimum absolute atomic E-state index is 0.950. The van der Waals surface area contributed by atoms with E-state index in [1.165, 1.54) is 55.5 Å². The predicted octanol–water partition coefficient (Wildman–Crippen LogP) is 0.349. The number of dihydropyridines is 1. The van der Waals surface area contributed by atoms with Crippen molar-refractivity contribution in [3.63, 3.8) is 0 Å². The van der Waals surface area contributed by atoms with E-state index in [2.05, 4.69) is 34.5 Å². The zero-order valence-electron chi connectivity index (χ0n) is 11.3. The minimum atomic E-state index is 0.950. The molecule has 1 aliphatic carbocycles. The molecule has 0 spiro atoms. The SMILES string of the molecule is C[NH+]1CCOCC1.[Se-]C1=CCC2=C(CCCC2)N1. The molecule has 1 fully saturated rings. The van der Waals surface area contributed by atoms with Crippen LogP contribution in [-0.2, 0) is 4.74 Å². The van der Waals surface area contributed by atoms with Crippen LogP contribution in [0.15, 0.2) is 21.9 Å². The van der Waals surface area contributed by atoms with Gasteiger partial charge in [-0.2, -0.15) is 0 Å². The normalized spacial score (nSPS) is 24.4. The number of ether oxygens (including phenoxy) is 1. The van der Waals surface area contributed by atoms with Gasteiger partial charge in [0.2, 0.25) is 0 Å². The van der Waals surface area contributed by atoms with Gasteiger partial charge in [0, 0.05) is 0 Å². The third-order valence-electron chi connectivity index (χ3n) is 3.74. The number of quaternary nitrogens is 1. The molecule has 0 saturated carbocycles. The van der Waals surface area contributed by atoms with E-state index in [-0.39, 0.29) is 0 Å². The van der Waals surface area contributed by atoms with Crippen molar-refractivity contribution >= 4 is 16.0 Å². The average Bonchev–Trinajstić information content (AvgIpc) is 2.40. The summed E-state index contributed by atoms with van der Waals surface area (Å²) in [5, 5.41) is 3.40. The molecule has 102 valence electrons. The van der Waals surface area contributed by atoms with Crippen LogP contribution in [0.5, 0.6) is 0 Å². The Morgan fingerprint density at radius 2 is 1.94 bits per heavy atom. The van der Waals surface area contributed by atoms with Crippen molar-refractivity contribution in [1.82, 2.24) is 5.32 Å². The van der Waals surface area contributed by atoms with Gasteiger partial charge in [-0.1, -0.05) is 0 Å². The van der Waals surface area contributed by atoms with E-state index in [4.69, 9.17) is 4.74 Å². The Kier molecular flexibility index (Phi) is 5.77. The molecule has 3 rings (SSSR count). The molecule has 0 bridgehead atoms. The number of likely N-dealkylation sites (N-methyl/N-ethyl adjacent to an activating group) is 1. The molecule has 0 atom stereocenters. The Morgan fingerprint density at radius 3 is 2.61 bits per heavy atom. The van der Waals surface area contributed by atoms with Crippen LogP contribution >= 0.6 is 0 Å². The first kappa shape index (κ1) is 14.1. The van der Waals surface area contributed by atoms with Gasteiger partial charge >= 0.3 is 75.4 Å². The molecule has 2 N–H and O–H groups in total. The molecule has 2 heterocycles. The monoisotopic (exact) mass is 316 g/mol. The number of allylic oxidation sites excluding steroid dienone is 3. The summed E-state index contributed by atoms with van der Waals surface area (Å²) in [5.74, 6) is 0. The van der Waals surface area contributed by atoms with Crippen LogP contribution in [0, 0.1) is 0 Å². The summed E-state index contributed by atoms with van der Waals surface area (Å²) >= 11 is 3.03. The summed E-state index contributed by atoms with van der Waals surface area (Å²) in [5.41, 5.74) is 3.13. The van der Waals surface area contributed by atoms with Crippen LogP contribution in [0.25, 0.3) is 0 Å². The van der Waals surface area contributed by atoms with Gasteiger partial charge in [0.05, 0.1) is 20.3 Å². The molecule has 18 heavy (non-hydrogen) atoms. The van der Waals surface area contributed by atoms with Crippen LogP contribution in [-0.4, -0.2) is 49.4 Å². The Hall–Kier alpha value is -0.281. The molecule has 4 heteroatoms. The van der Waals surface area contributed by atoms with Gasteiger partial charge in [-0.05, 0) is 0 Å². The Morgan fingerprint density at radius 1 is 1.22 bits per heavy atom. The zero-order valence-corrected chi connectivity index (χ0v) is 13.0. The summed E-state index contributed by atoms with van der Waals surface area (Å²) in [6.45, 7) is 4.26. The second kappa shape index (κ2) is 7.34. The molecule has 0 unspecified atom stereocenters. The molecule has 0 aromatic carbocycles. The molecule has 2 aliphatic heterocycles. The third-order valence-corrected chi connectivity index (χ3v) is 4.30. The fourth-order valence-corrected chi connectivity index (χ4v) is 2.91. The molecule has 0 aromatic rings. The third kappa shape index (κ3) is 4.43. The molecule has 1 saturated heterocycles. The Bertz CT molecular complexity index is 333. The average molecular weight is 315 g/mol. The van der Waals surface area contributed by atoms with E-state index >= 15 is 0 Å². The first-order valence-electron chi connectivity index (χ1n) is 7.00. The summed E-state index contributed by atoms with van der Waals surface area (Å²) in [6, 6.07) is 0. The van der Waals surface area contributed by atoms with Gasteiger partial charge in [0.1, 0.15) is 13.1 Å². The summed E-state index contributed by atoms with van der Waals surface area (Å²) in [4.78, 5) is 1.59. The Labute approximate surface area is 118 Å². The maximum atomic E-state index is 5.12. The molecule has 3 nitrogen and oxygen atoms in total. The number of hydrogen-bond donors (Lipinski definition) is 2. The molecule has 0 radical (unpaired) electrons. The second-order valence-corrected chi connectivity index (χ2v) is 6.18. The van der Waals surface area contributed by atoms with Gasteiger partial charge in [-0.15, -0.1) is 0 Å².